The Bertz CT molecular complexity index is 370. The average molecular weight is 275 g/mol. The van der Waals surface area contributed by atoms with Crippen molar-refractivity contribution in [1.29, 1.82) is 0 Å². The highest BCUT2D eigenvalue weighted by atomic mass is 35.5. The Kier molecular flexibility index (Phi) is 5.26. The number of rotatable bonds is 3. The Hall–Kier alpha value is -0.280. The molecule has 2 nitrogen and oxygen atoms in total. The maximum atomic E-state index is 6.16. The Balaban J connectivity index is 0.00000144. The van der Waals surface area contributed by atoms with E-state index in [0.29, 0.717) is 5.41 Å². The fourth-order valence-corrected chi connectivity index (χ4v) is 2.49. The highest BCUT2D eigenvalue weighted by Gasteiger charge is 2.32. The van der Waals surface area contributed by atoms with Crippen molar-refractivity contribution in [3.63, 3.8) is 0 Å². The number of nitrogens with zero attached hydrogens (tertiary/aromatic N) is 1. The third kappa shape index (κ3) is 3.59. The molecular weight excluding hydrogens is 255 g/mol. The van der Waals surface area contributed by atoms with E-state index < -0.39 is 0 Å². The standard InChI is InChI=1S/C13H19ClN2.ClH/c1-13(9-15)6-7-16(10-13)8-11-4-2-3-5-12(11)14;/h2-5H,6-10,15H2,1H3;1H. The van der Waals surface area contributed by atoms with E-state index in [2.05, 4.69) is 17.9 Å². The van der Waals surface area contributed by atoms with E-state index in [4.69, 9.17) is 17.3 Å². The maximum Gasteiger partial charge on any atom is 0.0451 e. The van der Waals surface area contributed by atoms with Crippen molar-refractivity contribution in [2.45, 2.75) is 19.9 Å². The number of likely N-dealkylation sites (tertiary alicyclic amines) is 1. The lowest BCUT2D eigenvalue weighted by Gasteiger charge is -2.22. The van der Waals surface area contributed by atoms with Crippen LogP contribution in [-0.2, 0) is 6.54 Å². The van der Waals surface area contributed by atoms with Crippen LogP contribution in [0.4, 0.5) is 0 Å². The van der Waals surface area contributed by atoms with E-state index in [0.717, 1.165) is 31.2 Å². The number of hydrogen-bond donors (Lipinski definition) is 1. The van der Waals surface area contributed by atoms with E-state index in [1.165, 1.54) is 12.0 Å². The van der Waals surface area contributed by atoms with Crippen molar-refractivity contribution in [3.8, 4) is 0 Å². The summed E-state index contributed by atoms with van der Waals surface area (Å²) in [5.74, 6) is 0. The molecular formula is C13H20Cl2N2. The van der Waals surface area contributed by atoms with Gasteiger partial charge in [0.25, 0.3) is 0 Å². The van der Waals surface area contributed by atoms with Crippen LogP contribution < -0.4 is 5.73 Å². The lowest BCUT2D eigenvalue weighted by molar-refractivity contribution is 0.274. The molecule has 0 spiro atoms. The molecule has 2 rings (SSSR count). The molecule has 1 unspecified atom stereocenters. The molecule has 4 heteroatoms. The topological polar surface area (TPSA) is 29.3 Å². The molecule has 1 fully saturated rings. The highest BCUT2D eigenvalue weighted by molar-refractivity contribution is 6.31. The third-order valence-corrected chi connectivity index (χ3v) is 3.85. The van der Waals surface area contributed by atoms with Gasteiger partial charge in [-0.3, -0.25) is 4.90 Å². The van der Waals surface area contributed by atoms with Gasteiger partial charge in [-0.05, 0) is 36.6 Å². The zero-order valence-corrected chi connectivity index (χ0v) is 11.7. The summed E-state index contributed by atoms with van der Waals surface area (Å²) >= 11 is 6.16. The minimum absolute atomic E-state index is 0. The van der Waals surface area contributed by atoms with E-state index >= 15 is 0 Å². The van der Waals surface area contributed by atoms with Crippen molar-refractivity contribution in [1.82, 2.24) is 4.90 Å². The molecule has 0 radical (unpaired) electrons. The fraction of sp³-hybridized carbons (Fsp3) is 0.538. The predicted octanol–water partition coefficient (Wildman–Crippen LogP) is 2.93. The smallest absolute Gasteiger partial charge is 0.0451 e. The number of hydrogen-bond acceptors (Lipinski definition) is 2. The molecule has 1 atom stereocenters. The first-order chi connectivity index (χ1) is 7.63. The summed E-state index contributed by atoms with van der Waals surface area (Å²) in [5, 5.41) is 0.865. The normalized spacial score (nSPS) is 24.6. The summed E-state index contributed by atoms with van der Waals surface area (Å²) in [6.45, 7) is 6.18. The zero-order chi connectivity index (χ0) is 11.6. The fourth-order valence-electron chi connectivity index (χ4n) is 2.30. The van der Waals surface area contributed by atoms with E-state index in [1.807, 2.05) is 18.2 Å². The SMILES string of the molecule is CC1(CN)CCN(Cc2ccccc2Cl)C1.Cl. The minimum atomic E-state index is 0. The number of halogens is 2. The predicted molar refractivity (Wildman–Crippen MR) is 75.8 cm³/mol. The van der Waals surface area contributed by atoms with Gasteiger partial charge in [0, 0.05) is 18.1 Å². The van der Waals surface area contributed by atoms with Crippen LogP contribution in [0.5, 0.6) is 0 Å². The first kappa shape index (κ1) is 14.8. The van der Waals surface area contributed by atoms with Crippen LogP contribution in [0.2, 0.25) is 5.02 Å². The summed E-state index contributed by atoms with van der Waals surface area (Å²) in [7, 11) is 0. The van der Waals surface area contributed by atoms with Gasteiger partial charge < -0.3 is 5.73 Å². The quantitative estimate of drug-likeness (QED) is 0.919. The van der Waals surface area contributed by atoms with Gasteiger partial charge in [-0.1, -0.05) is 36.7 Å². The van der Waals surface area contributed by atoms with Gasteiger partial charge >= 0.3 is 0 Å². The molecule has 17 heavy (non-hydrogen) atoms. The number of nitrogens with two attached hydrogens (primary N) is 1. The van der Waals surface area contributed by atoms with Crippen LogP contribution in [-0.4, -0.2) is 24.5 Å². The first-order valence-electron chi connectivity index (χ1n) is 5.79. The summed E-state index contributed by atoms with van der Waals surface area (Å²) in [5.41, 5.74) is 7.31. The lowest BCUT2D eigenvalue weighted by atomic mass is 9.90. The second-order valence-corrected chi connectivity index (χ2v) is 5.47. The van der Waals surface area contributed by atoms with Gasteiger partial charge in [0.1, 0.15) is 0 Å². The highest BCUT2D eigenvalue weighted by Crippen LogP contribution is 2.30. The van der Waals surface area contributed by atoms with Crippen molar-refractivity contribution in [2.75, 3.05) is 19.6 Å². The summed E-state index contributed by atoms with van der Waals surface area (Å²) in [6, 6.07) is 8.06. The summed E-state index contributed by atoms with van der Waals surface area (Å²) in [4.78, 5) is 2.44. The van der Waals surface area contributed by atoms with Gasteiger partial charge in [-0.2, -0.15) is 0 Å². The number of benzene rings is 1. The van der Waals surface area contributed by atoms with Crippen LogP contribution in [0, 0.1) is 5.41 Å². The Morgan fingerprint density at radius 2 is 2.12 bits per heavy atom. The van der Waals surface area contributed by atoms with Crippen molar-refractivity contribution in [3.05, 3.63) is 34.9 Å². The van der Waals surface area contributed by atoms with Crippen molar-refractivity contribution in [2.24, 2.45) is 11.1 Å². The van der Waals surface area contributed by atoms with E-state index in [1.54, 1.807) is 0 Å². The third-order valence-electron chi connectivity index (χ3n) is 3.48. The molecule has 1 aliphatic heterocycles. The van der Waals surface area contributed by atoms with Gasteiger partial charge in [-0.25, -0.2) is 0 Å². The van der Waals surface area contributed by atoms with Crippen LogP contribution in [0.3, 0.4) is 0 Å². The molecule has 1 aromatic rings. The van der Waals surface area contributed by atoms with Crippen LogP contribution in [0.15, 0.2) is 24.3 Å². The molecule has 0 amide bonds. The molecule has 0 aromatic heterocycles. The van der Waals surface area contributed by atoms with Crippen LogP contribution in [0.25, 0.3) is 0 Å². The molecule has 0 bridgehead atoms. The molecule has 0 saturated carbocycles. The summed E-state index contributed by atoms with van der Waals surface area (Å²) < 4.78 is 0. The average Bonchev–Trinajstić information content (AvgIpc) is 2.65. The van der Waals surface area contributed by atoms with Crippen LogP contribution >= 0.6 is 24.0 Å². The molecule has 2 N–H and O–H groups in total. The molecule has 1 aromatic carbocycles. The molecule has 96 valence electrons. The summed E-state index contributed by atoms with van der Waals surface area (Å²) in [6.07, 6.45) is 1.19. The molecule has 1 saturated heterocycles. The van der Waals surface area contributed by atoms with Crippen molar-refractivity contribution >= 4 is 24.0 Å². The molecule has 1 heterocycles. The van der Waals surface area contributed by atoms with Gasteiger partial charge in [0.15, 0.2) is 0 Å². The van der Waals surface area contributed by atoms with Gasteiger partial charge in [0.05, 0.1) is 0 Å². The zero-order valence-electron chi connectivity index (χ0n) is 10.2. The van der Waals surface area contributed by atoms with Gasteiger partial charge in [0.2, 0.25) is 0 Å². The van der Waals surface area contributed by atoms with Crippen molar-refractivity contribution < 1.29 is 0 Å². The largest absolute Gasteiger partial charge is 0.330 e. The van der Waals surface area contributed by atoms with Gasteiger partial charge in [-0.15, -0.1) is 12.4 Å². The second-order valence-electron chi connectivity index (χ2n) is 5.07. The Labute approximate surface area is 115 Å². The second kappa shape index (κ2) is 6.05. The minimum Gasteiger partial charge on any atom is -0.330 e. The lowest BCUT2D eigenvalue weighted by Crippen LogP contribution is -2.31. The first-order valence-corrected chi connectivity index (χ1v) is 6.17. The van der Waals surface area contributed by atoms with Crippen LogP contribution in [0.1, 0.15) is 18.9 Å². The van der Waals surface area contributed by atoms with E-state index in [9.17, 15) is 0 Å². The van der Waals surface area contributed by atoms with E-state index in [-0.39, 0.29) is 12.4 Å². The Morgan fingerprint density at radius 1 is 1.41 bits per heavy atom. The monoisotopic (exact) mass is 274 g/mol. The maximum absolute atomic E-state index is 6.16. The molecule has 0 aliphatic carbocycles. The Morgan fingerprint density at radius 3 is 2.71 bits per heavy atom. The molecule has 1 aliphatic rings.